The summed E-state index contributed by atoms with van der Waals surface area (Å²) in [7, 11) is 0. The molecule has 3 atom stereocenters. The minimum absolute atomic E-state index is 0.384. The highest BCUT2D eigenvalue weighted by molar-refractivity contribution is 5.31. The van der Waals surface area contributed by atoms with Crippen LogP contribution in [-0.4, -0.2) is 0 Å². The van der Waals surface area contributed by atoms with Crippen LogP contribution in [0, 0.1) is 11.8 Å². The summed E-state index contributed by atoms with van der Waals surface area (Å²) in [5.41, 5.74) is 4.53. The summed E-state index contributed by atoms with van der Waals surface area (Å²) in [6.45, 7) is 5.32. The first-order valence-corrected chi connectivity index (χ1v) is 10.5. The van der Waals surface area contributed by atoms with E-state index in [1.807, 2.05) is 0 Å². The molecule has 0 bridgehead atoms. The molecule has 0 N–H and O–H groups in total. The molecule has 0 spiro atoms. The molecule has 2 aliphatic carbocycles. The van der Waals surface area contributed by atoms with E-state index in [-0.39, 0.29) is 0 Å². The van der Waals surface area contributed by atoms with Crippen molar-refractivity contribution in [3.8, 4) is 5.75 Å². The first-order chi connectivity index (χ1) is 12.7. The van der Waals surface area contributed by atoms with Gasteiger partial charge in [-0.3, -0.25) is 0 Å². The molecule has 2 aliphatic rings. The first kappa shape index (κ1) is 17.6. The number of ether oxygens (including phenoxy) is 1. The van der Waals surface area contributed by atoms with Crippen LogP contribution in [-0.2, 0) is 18.4 Å². The number of fused-ring (bicyclic) bond motifs is 1. The number of hydrogen-bond donors (Lipinski definition) is 0. The van der Waals surface area contributed by atoms with Gasteiger partial charge in [0, 0.05) is 0 Å². The molecule has 0 aromatic heterocycles. The van der Waals surface area contributed by atoms with Crippen molar-refractivity contribution in [2.45, 2.75) is 70.8 Å². The van der Waals surface area contributed by atoms with Crippen LogP contribution in [0.4, 0.5) is 0 Å². The second-order valence-corrected chi connectivity index (χ2v) is 8.76. The van der Waals surface area contributed by atoms with Crippen molar-refractivity contribution in [3.05, 3.63) is 65.2 Å². The summed E-state index contributed by atoms with van der Waals surface area (Å²) >= 11 is 0. The normalized spacial score (nSPS) is 27.9. The SMILES string of the molecule is CCc1ccc(OCc2ccc(C3(C)CC4CCCC[C@@H]4C3)cc2)cc1. The summed E-state index contributed by atoms with van der Waals surface area (Å²) < 4.78 is 5.96. The third kappa shape index (κ3) is 3.68. The molecule has 2 saturated carbocycles. The fraction of sp³-hybridized carbons (Fsp3) is 0.520. The predicted octanol–water partition coefficient (Wildman–Crippen LogP) is 6.69. The molecular formula is C25H32O. The van der Waals surface area contributed by atoms with Gasteiger partial charge in [-0.2, -0.15) is 0 Å². The Kier molecular flexibility index (Phi) is 5.07. The summed E-state index contributed by atoms with van der Waals surface area (Å²) in [5, 5.41) is 0. The lowest BCUT2D eigenvalue weighted by Gasteiger charge is -2.25. The topological polar surface area (TPSA) is 9.23 Å². The monoisotopic (exact) mass is 348 g/mol. The van der Waals surface area contributed by atoms with Gasteiger partial charge in [-0.15, -0.1) is 0 Å². The van der Waals surface area contributed by atoms with Gasteiger partial charge >= 0.3 is 0 Å². The lowest BCUT2D eigenvalue weighted by Crippen LogP contribution is -2.18. The molecule has 0 saturated heterocycles. The highest BCUT2D eigenvalue weighted by Crippen LogP contribution is 2.52. The average Bonchev–Trinajstić information content (AvgIpc) is 3.04. The van der Waals surface area contributed by atoms with Gasteiger partial charge in [0.2, 0.25) is 0 Å². The van der Waals surface area contributed by atoms with Gasteiger partial charge in [0.1, 0.15) is 12.4 Å². The number of benzene rings is 2. The van der Waals surface area contributed by atoms with E-state index in [2.05, 4.69) is 62.4 Å². The Bertz CT molecular complexity index is 699. The number of rotatable bonds is 5. The third-order valence-electron chi connectivity index (χ3n) is 6.88. The van der Waals surface area contributed by atoms with Crippen molar-refractivity contribution in [3.63, 3.8) is 0 Å². The number of hydrogen-bond acceptors (Lipinski definition) is 1. The molecule has 26 heavy (non-hydrogen) atoms. The second-order valence-electron chi connectivity index (χ2n) is 8.76. The van der Waals surface area contributed by atoms with Gasteiger partial charge in [-0.1, -0.05) is 75.9 Å². The summed E-state index contributed by atoms with van der Waals surface area (Å²) in [6, 6.07) is 17.7. The van der Waals surface area contributed by atoms with Crippen molar-refractivity contribution in [1.29, 1.82) is 0 Å². The van der Waals surface area contributed by atoms with Crippen LogP contribution in [0.2, 0.25) is 0 Å². The van der Waals surface area contributed by atoms with Crippen molar-refractivity contribution in [2.75, 3.05) is 0 Å². The fourth-order valence-corrected chi connectivity index (χ4v) is 5.29. The minimum Gasteiger partial charge on any atom is -0.489 e. The van der Waals surface area contributed by atoms with E-state index in [4.69, 9.17) is 4.74 Å². The van der Waals surface area contributed by atoms with Crippen molar-refractivity contribution in [2.24, 2.45) is 11.8 Å². The molecular weight excluding hydrogens is 316 g/mol. The maximum atomic E-state index is 5.96. The molecule has 0 radical (unpaired) electrons. The van der Waals surface area contributed by atoms with E-state index in [1.54, 1.807) is 0 Å². The van der Waals surface area contributed by atoms with Gasteiger partial charge in [0.05, 0.1) is 0 Å². The third-order valence-corrected chi connectivity index (χ3v) is 6.88. The molecule has 2 aromatic rings. The zero-order valence-corrected chi connectivity index (χ0v) is 16.3. The zero-order valence-electron chi connectivity index (χ0n) is 16.3. The average molecular weight is 349 g/mol. The van der Waals surface area contributed by atoms with E-state index >= 15 is 0 Å². The van der Waals surface area contributed by atoms with Gasteiger partial charge in [-0.25, -0.2) is 0 Å². The smallest absolute Gasteiger partial charge is 0.119 e. The maximum Gasteiger partial charge on any atom is 0.119 e. The van der Waals surface area contributed by atoms with Crippen molar-refractivity contribution >= 4 is 0 Å². The Morgan fingerprint density at radius 2 is 1.42 bits per heavy atom. The quantitative estimate of drug-likeness (QED) is 0.585. The van der Waals surface area contributed by atoms with Crippen LogP contribution in [0.15, 0.2) is 48.5 Å². The van der Waals surface area contributed by atoms with Crippen LogP contribution in [0.1, 0.15) is 69.1 Å². The molecule has 0 amide bonds. The highest BCUT2D eigenvalue weighted by Gasteiger charge is 2.43. The molecule has 138 valence electrons. The Balaban J connectivity index is 1.38. The minimum atomic E-state index is 0.384. The standard InChI is InChI=1S/C25H32O/c1-3-19-10-14-24(15-11-19)26-18-20-8-12-23(13-9-20)25(2)16-21-6-4-5-7-22(21)17-25/h8-15,21-22H,3-7,16-18H2,1-2H3/t21-,22?,25?/m1/s1. The van der Waals surface area contributed by atoms with E-state index in [0.29, 0.717) is 12.0 Å². The number of aryl methyl sites for hydroxylation is 1. The second kappa shape index (κ2) is 7.47. The van der Waals surface area contributed by atoms with Gasteiger partial charge in [-0.05, 0) is 65.3 Å². The molecule has 2 aromatic carbocycles. The molecule has 2 fully saturated rings. The Morgan fingerprint density at radius 3 is 2.00 bits per heavy atom. The summed E-state index contributed by atoms with van der Waals surface area (Å²) in [5.74, 6) is 2.91. The Hall–Kier alpha value is -1.76. The van der Waals surface area contributed by atoms with E-state index < -0.39 is 0 Å². The lowest BCUT2D eigenvalue weighted by atomic mass is 9.79. The van der Waals surface area contributed by atoms with Gasteiger partial charge in [0.15, 0.2) is 0 Å². The van der Waals surface area contributed by atoms with Crippen LogP contribution >= 0.6 is 0 Å². The van der Waals surface area contributed by atoms with E-state index in [1.165, 1.54) is 55.2 Å². The zero-order chi connectivity index (χ0) is 18.0. The van der Waals surface area contributed by atoms with Crippen LogP contribution in [0.3, 0.4) is 0 Å². The Morgan fingerprint density at radius 1 is 0.846 bits per heavy atom. The first-order valence-electron chi connectivity index (χ1n) is 10.5. The van der Waals surface area contributed by atoms with Crippen molar-refractivity contribution in [1.82, 2.24) is 0 Å². The van der Waals surface area contributed by atoms with Gasteiger partial charge < -0.3 is 4.74 Å². The largest absolute Gasteiger partial charge is 0.489 e. The summed E-state index contributed by atoms with van der Waals surface area (Å²) in [4.78, 5) is 0. The lowest BCUT2D eigenvalue weighted by molar-refractivity contribution is 0.277. The Labute approximate surface area is 158 Å². The fourth-order valence-electron chi connectivity index (χ4n) is 5.29. The summed E-state index contributed by atoms with van der Waals surface area (Å²) in [6.07, 6.45) is 9.67. The molecule has 0 heterocycles. The van der Waals surface area contributed by atoms with Crippen LogP contribution in [0.25, 0.3) is 0 Å². The van der Waals surface area contributed by atoms with Crippen LogP contribution in [0.5, 0.6) is 5.75 Å². The van der Waals surface area contributed by atoms with Crippen LogP contribution < -0.4 is 4.74 Å². The van der Waals surface area contributed by atoms with E-state index in [0.717, 1.165) is 24.0 Å². The van der Waals surface area contributed by atoms with Crippen molar-refractivity contribution < 1.29 is 4.74 Å². The molecule has 1 nitrogen and oxygen atoms in total. The van der Waals surface area contributed by atoms with Gasteiger partial charge in [0.25, 0.3) is 0 Å². The highest BCUT2D eigenvalue weighted by atomic mass is 16.5. The molecule has 0 aliphatic heterocycles. The molecule has 4 rings (SSSR count). The maximum absolute atomic E-state index is 5.96. The van der Waals surface area contributed by atoms with E-state index in [9.17, 15) is 0 Å². The molecule has 1 heteroatoms. The predicted molar refractivity (Wildman–Crippen MR) is 109 cm³/mol. The molecule has 2 unspecified atom stereocenters.